The summed E-state index contributed by atoms with van der Waals surface area (Å²) in [5, 5.41) is 11.1. The molecule has 0 saturated heterocycles. The molecule has 2 nitrogen and oxygen atoms in total. The van der Waals surface area contributed by atoms with Crippen LogP contribution in [0.4, 0.5) is 0 Å². The van der Waals surface area contributed by atoms with Gasteiger partial charge in [-0.1, -0.05) is 27.2 Å². The lowest BCUT2D eigenvalue weighted by Crippen LogP contribution is -2.47. The molecule has 1 aromatic heterocycles. The molecule has 0 spiro atoms. The molecule has 1 fully saturated rings. The summed E-state index contributed by atoms with van der Waals surface area (Å²) in [6.07, 6.45) is 5.75. The van der Waals surface area contributed by atoms with Gasteiger partial charge in [0, 0.05) is 22.8 Å². The third-order valence-corrected chi connectivity index (χ3v) is 4.91. The zero-order valence-electron chi connectivity index (χ0n) is 12.1. The van der Waals surface area contributed by atoms with Gasteiger partial charge in [-0.2, -0.15) is 0 Å². The van der Waals surface area contributed by atoms with Crippen molar-refractivity contribution in [3.63, 3.8) is 0 Å². The summed E-state index contributed by atoms with van der Waals surface area (Å²) in [6, 6.07) is 4.01. The Morgan fingerprint density at radius 1 is 1.42 bits per heavy atom. The van der Waals surface area contributed by atoms with Crippen molar-refractivity contribution in [1.29, 1.82) is 0 Å². The van der Waals surface area contributed by atoms with Gasteiger partial charge in [-0.3, -0.25) is 4.98 Å². The summed E-state index contributed by atoms with van der Waals surface area (Å²) in [4.78, 5) is 4.43. The molecular weight excluding hydrogens is 302 g/mol. The first kappa shape index (κ1) is 15.0. The number of hydrogen-bond acceptors (Lipinski definition) is 2. The van der Waals surface area contributed by atoms with Crippen molar-refractivity contribution >= 4 is 15.9 Å². The van der Waals surface area contributed by atoms with Gasteiger partial charge in [0.05, 0.1) is 5.60 Å². The van der Waals surface area contributed by atoms with Crippen molar-refractivity contribution in [2.24, 2.45) is 17.8 Å². The van der Waals surface area contributed by atoms with Crippen LogP contribution >= 0.6 is 15.9 Å². The smallest absolute Gasteiger partial charge is 0.0736 e. The van der Waals surface area contributed by atoms with Crippen LogP contribution in [0, 0.1) is 17.8 Å². The maximum Gasteiger partial charge on any atom is 0.0736 e. The van der Waals surface area contributed by atoms with Crippen molar-refractivity contribution < 1.29 is 5.11 Å². The molecule has 3 atom stereocenters. The largest absolute Gasteiger partial charge is 0.389 e. The average molecular weight is 326 g/mol. The van der Waals surface area contributed by atoms with Gasteiger partial charge in [0.1, 0.15) is 0 Å². The highest BCUT2D eigenvalue weighted by Gasteiger charge is 2.42. The van der Waals surface area contributed by atoms with E-state index in [1.54, 1.807) is 0 Å². The minimum Gasteiger partial charge on any atom is -0.389 e. The quantitative estimate of drug-likeness (QED) is 0.902. The zero-order chi connectivity index (χ0) is 14.0. The Bertz CT molecular complexity index is 417. The van der Waals surface area contributed by atoms with E-state index in [1.807, 2.05) is 18.3 Å². The number of halogens is 1. The number of aliphatic hydroxyl groups is 1. The van der Waals surface area contributed by atoms with Gasteiger partial charge < -0.3 is 5.11 Å². The first-order valence-corrected chi connectivity index (χ1v) is 8.03. The minimum atomic E-state index is -0.591. The average Bonchev–Trinajstić information content (AvgIpc) is 2.31. The number of nitrogens with zero attached hydrogens (tertiary/aromatic N) is 1. The van der Waals surface area contributed by atoms with Gasteiger partial charge in [0.15, 0.2) is 0 Å². The van der Waals surface area contributed by atoms with E-state index in [-0.39, 0.29) is 0 Å². The molecule has 1 aliphatic rings. The molecule has 3 heteroatoms. The van der Waals surface area contributed by atoms with Gasteiger partial charge >= 0.3 is 0 Å². The van der Waals surface area contributed by atoms with Crippen molar-refractivity contribution in [3.05, 3.63) is 28.5 Å². The molecular formula is C16H24BrNO. The van der Waals surface area contributed by atoms with Crippen LogP contribution in [0.15, 0.2) is 22.8 Å². The molecule has 2 rings (SSSR count). The summed E-state index contributed by atoms with van der Waals surface area (Å²) in [6.45, 7) is 6.69. The lowest BCUT2D eigenvalue weighted by atomic mass is 9.65. The fourth-order valence-electron chi connectivity index (χ4n) is 3.57. The van der Waals surface area contributed by atoms with Crippen LogP contribution in [0.25, 0.3) is 0 Å². The Morgan fingerprint density at radius 3 is 2.74 bits per heavy atom. The molecule has 0 aromatic carbocycles. The molecule has 106 valence electrons. The Kier molecular flexibility index (Phi) is 4.67. The van der Waals surface area contributed by atoms with E-state index >= 15 is 0 Å². The first-order chi connectivity index (χ1) is 8.90. The van der Waals surface area contributed by atoms with Crippen molar-refractivity contribution in [2.45, 2.75) is 52.1 Å². The third-order valence-electron chi connectivity index (χ3n) is 4.44. The van der Waals surface area contributed by atoms with E-state index in [4.69, 9.17) is 0 Å². The summed E-state index contributed by atoms with van der Waals surface area (Å²) in [5.74, 6) is 1.51. The van der Waals surface area contributed by atoms with Gasteiger partial charge in [0.25, 0.3) is 0 Å². The second-order valence-electron chi connectivity index (χ2n) is 6.49. The van der Waals surface area contributed by atoms with E-state index < -0.39 is 5.60 Å². The Labute approximate surface area is 124 Å². The van der Waals surface area contributed by atoms with Gasteiger partial charge in [-0.25, -0.2) is 0 Å². The van der Waals surface area contributed by atoms with Crippen LogP contribution in [-0.4, -0.2) is 15.7 Å². The molecule has 1 N–H and O–H groups in total. The van der Waals surface area contributed by atoms with Crippen LogP contribution in [0.1, 0.15) is 45.7 Å². The summed E-state index contributed by atoms with van der Waals surface area (Å²) >= 11 is 3.40. The van der Waals surface area contributed by atoms with Crippen molar-refractivity contribution in [2.75, 3.05) is 0 Å². The molecule has 1 saturated carbocycles. The van der Waals surface area contributed by atoms with Gasteiger partial charge in [0.2, 0.25) is 0 Å². The second kappa shape index (κ2) is 5.92. The normalized spacial score (nSPS) is 31.7. The van der Waals surface area contributed by atoms with Crippen LogP contribution in [-0.2, 0) is 6.42 Å². The van der Waals surface area contributed by atoms with Gasteiger partial charge in [-0.05, 0) is 58.7 Å². The van der Waals surface area contributed by atoms with E-state index in [0.29, 0.717) is 24.2 Å². The molecule has 0 amide bonds. The molecule has 0 radical (unpaired) electrons. The lowest BCUT2D eigenvalue weighted by molar-refractivity contribution is -0.0800. The van der Waals surface area contributed by atoms with Crippen molar-refractivity contribution in [1.82, 2.24) is 4.98 Å². The number of rotatable bonds is 3. The number of hydrogen-bond donors (Lipinski definition) is 1. The Morgan fingerprint density at radius 2 is 2.16 bits per heavy atom. The fourth-order valence-corrected chi connectivity index (χ4v) is 3.81. The summed E-state index contributed by atoms with van der Waals surface area (Å²) in [7, 11) is 0. The highest BCUT2D eigenvalue weighted by Crippen LogP contribution is 2.42. The lowest BCUT2D eigenvalue weighted by Gasteiger charge is -2.44. The molecule has 0 aliphatic heterocycles. The van der Waals surface area contributed by atoms with E-state index in [0.717, 1.165) is 23.0 Å². The standard InChI is InChI=1S/C16H24BrNO/c1-11(2)15-7-4-12(3)8-16(15,19)9-14-6-5-13(17)10-18-14/h5-6,10-12,15,19H,4,7-9H2,1-3H3. The second-order valence-corrected chi connectivity index (χ2v) is 7.40. The van der Waals surface area contributed by atoms with Crippen LogP contribution in [0.5, 0.6) is 0 Å². The molecule has 3 unspecified atom stereocenters. The minimum absolute atomic E-state index is 0.383. The topological polar surface area (TPSA) is 33.1 Å². The van der Waals surface area contributed by atoms with Gasteiger partial charge in [-0.15, -0.1) is 0 Å². The third kappa shape index (κ3) is 3.57. The van der Waals surface area contributed by atoms with Crippen LogP contribution in [0.2, 0.25) is 0 Å². The molecule has 1 aliphatic carbocycles. The summed E-state index contributed by atoms with van der Waals surface area (Å²) in [5.41, 5.74) is 0.401. The molecule has 1 aromatic rings. The van der Waals surface area contributed by atoms with Crippen LogP contribution < -0.4 is 0 Å². The van der Waals surface area contributed by atoms with Crippen molar-refractivity contribution in [3.8, 4) is 0 Å². The highest BCUT2D eigenvalue weighted by atomic mass is 79.9. The first-order valence-electron chi connectivity index (χ1n) is 7.23. The van der Waals surface area contributed by atoms with E-state index in [2.05, 4.69) is 41.7 Å². The zero-order valence-corrected chi connectivity index (χ0v) is 13.7. The predicted octanol–water partition coefficient (Wildman–Crippen LogP) is 4.21. The number of aromatic nitrogens is 1. The predicted molar refractivity (Wildman–Crippen MR) is 81.9 cm³/mol. The number of pyridine rings is 1. The highest BCUT2D eigenvalue weighted by molar-refractivity contribution is 9.10. The summed E-state index contributed by atoms with van der Waals surface area (Å²) < 4.78 is 0.987. The monoisotopic (exact) mass is 325 g/mol. The Hall–Kier alpha value is -0.410. The van der Waals surface area contributed by atoms with E-state index in [1.165, 1.54) is 6.42 Å². The maximum atomic E-state index is 11.1. The maximum absolute atomic E-state index is 11.1. The Balaban J connectivity index is 2.19. The van der Waals surface area contributed by atoms with Crippen LogP contribution in [0.3, 0.4) is 0 Å². The SMILES string of the molecule is CC1CCC(C(C)C)C(O)(Cc2ccc(Br)cn2)C1. The van der Waals surface area contributed by atoms with E-state index in [9.17, 15) is 5.11 Å². The fraction of sp³-hybridized carbons (Fsp3) is 0.688. The molecule has 19 heavy (non-hydrogen) atoms. The molecule has 1 heterocycles. The molecule has 0 bridgehead atoms.